The maximum absolute atomic E-state index is 12.2. The van der Waals surface area contributed by atoms with Crippen LogP contribution in [0.1, 0.15) is 114 Å². The fraction of sp³-hybridized carbons (Fsp3) is 0.913. The second-order valence-electron chi connectivity index (χ2n) is 22.1. The van der Waals surface area contributed by atoms with E-state index in [2.05, 4.69) is 53.7 Å². The molecule has 5 aliphatic carbocycles. The molecule has 2 bridgehead atoms. The first-order chi connectivity index (χ1) is 28.5. The summed E-state index contributed by atoms with van der Waals surface area (Å²) in [6.45, 7) is 17.5. The molecule has 0 aromatic rings. The molecular formula is C46H72O15. The van der Waals surface area contributed by atoms with Gasteiger partial charge in [-0.05, 0) is 86.4 Å². The van der Waals surface area contributed by atoms with Crippen LogP contribution in [0.15, 0.2) is 12.2 Å². The van der Waals surface area contributed by atoms with E-state index in [9.17, 15) is 40.2 Å². The van der Waals surface area contributed by atoms with Crippen molar-refractivity contribution in [2.24, 2.45) is 50.2 Å². The topological polar surface area (TPSA) is 220 Å². The molecule has 1 spiro atoms. The van der Waals surface area contributed by atoms with Crippen molar-refractivity contribution in [1.82, 2.24) is 0 Å². The first-order valence-electron chi connectivity index (χ1n) is 22.7. The number of hydrogen-bond acceptors (Lipinski definition) is 15. The molecule has 3 aliphatic heterocycles. The zero-order chi connectivity index (χ0) is 44.5. The van der Waals surface area contributed by atoms with Gasteiger partial charge in [-0.25, -0.2) is 0 Å². The van der Waals surface area contributed by atoms with Crippen LogP contribution in [-0.2, 0) is 42.7 Å². The van der Waals surface area contributed by atoms with Gasteiger partial charge < -0.3 is 63.8 Å². The molecule has 8 aliphatic rings. The zero-order valence-electron chi connectivity index (χ0n) is 37.5. The predicted octanol–water partition coefficient (Wildman–Crippen LogP) is 2.92. The van der Waals surface area contributed by atoms with Crippen LogP contribution in [0.5, 0.6) is 0 Å². The SMILES string of the molecule is CC(=O)O[C@@H]1[C@@H](O)[C@H](O[C@H]2[C@@H](O)[C@@H](C)O[C@@H](O[C@H]3CC[C@@]4(C)[C@@H](CC[C@]5(C)[C@@H]4C=C[C@]46OC[C@@]7(CCC(C)(C)C[C@@H]74)[C@H](O)C[C@]65C)[C@]3(C)CO)[C@@H]2O)O[C@H](CO)[C@H]1OC(C)=O. The van der Waals surface area contributed by atoms with E-state index in [1.54, 1.807) is 6.92 Å². The van der Waals surface area contributed by atoms with Crippen LogP contribution in [0.2, 0.25) is 0 Å². The minimum atomic E-state index is -1.75. The fourth-order valence-electron chi connectivity index (χ4n) is 14.9. The lowest BCUT2D eigenvalue weighted by atomic mass is 9.32. The van der Waals surface area contributed by atoms with E-state index in [0.29, 0.717) is 19.4 Å². The number of ether oxygens (including phenoxy) is 7. The lowest BCUT2D eigenvalue weighted by Gasteiger charge is -2.73. The Hall–Kier alpha value is -1.76. The summed E-state index contributed by atoms with van der Waals surface area (Å²) < 4.78 is 42.4. The van der Waals surface area contributed by atoms with Gasteiger partial charge >= 0.3 is 11.9 Å². The van der Waals surface area contributed by atoms with Crippen LogP contribution in [0.3, 0.4) is 0 Å². The van der Waals surface area contributed by atoms with E-state index >= 15 is 0 Å². The molecule has 0 unspecified atom stereocenters. The molecule has 7 fully saturated rings. The van der Waals surface area contributed by atoms with E-state index in [-0.39, 0.29) is 51.4 Å². The summed E-state index contributed by atoms with van der Waals surface area (Å²) in [7, 11) is 0. The molecule has 8 rings (SSSR count). The van der Waals surface area contributed by atoms with Gasteiger partial charge in [0.05, 0.1) is 43.7 Å². The smallest absolute Gasteiger partial charge is 0.303 e. The molecular weight excluding hydrogens is 792 g/mol. The van der Waals surface area contributed by atoms with E-state index < -0.39 is 103 Å². The number of fused-ring (bicyclic) bond motifs is 4. The maximum Gasteiger partial charge on any atom is 0.303 e. The van der Waals surface area contributed by atoms with Crippen molar-refractivity contribution in [3.63, 3.8) is 0 Å². The second-order valence-corrected chi connectivity index (χ2v) is 22.1. The highest BCUT2D eigenvalue weighted by Crippen LogP contribution is 2.79. The number of aliphatic hydroxyl groups is 6. The summed E-state index contributed by atoms with van der Waals surface area (Å²) in [5, 5.41) is 68.2. The lowest BCUT2D eigenvalue weighted by Crippen LogP contribution is -2.72. The third kappa shape index (κ3) is 6.59. The monoisotopic (exact) mass is 864 g/mol. The Morgan fingerprint density at radius 1 is 0.754 bits per heavy atom. The Labute approximate surface area is 359 Å². The van der Waals surface area contributed by atoms with Crippen molar-refractivity contribution in [3.8, 4) is 0 Å². The molecule has 0 amide bonds. The highest BCUT2D eigenvalue weighted by molar-refractivity contribution is 5.67. The van der Waals surface area contributed by atoms with Gasteiger partial charge in [-0.15, -0.1) is 0 Å². The van der Waals surface area contributed by atoms with Crippen LogP contribution in [0.4, 0.5) is 0 Å². The molecule has 3 saturated heterocycles. The second kappa shape index (κ2) is 15.4. The summed E-state index contributed by atoms with van der Waals surface area (Å²) in [6, 6.07) is 0. The quantitative estimate of drug-likeness (QED) is 0.117. The normalized spacial score (nSPS) is 54.7. The maximum atomic E-state index is 12.2. The Morgan fingerprint density at radius 3 is 2.07 bits per heavy atom. The third-order valence-electron chi connectivity index (χ3n) is 18.5. The number of hydrogen-bond donors (Lipinski definition) is 6. The largest absolute Gasteiger partial charge is 0.456 e. The average molecular weight is 865 g/mol. The number of esters is 2. The first kappa shape index (κ1) is 45.8. The van der Waals surface area contributed by atoms with Gasteiger partial charge in [0.25, 0.3) is 0 Å². The summed E-state index contributed by atoms with van der Waals surface area (Å²) >= 11 is 0. The number of rotatable bonds is 8. The third-order valence-corrected chi connectivity index (χ3v) is 18.5. The highest BCUT2D eigenvalue weighted by atomic mass is 16.7. The van der Waals surface area contributed by atoms with Gasteiger partial charge in [0.15, 0.2) is 24.8 Å². The van der Waals surface area contributed by atoms with Gasteiger partial charge in [0, 0.05) is 36.0 Å². The van der Waals surface area contributed by atoms with Crippen LogP contribution >= 0.6 is 0 Å². The molecule has 6 N–H and O–H groups in total. The fourth-order valence-corrected chi connectivity index (χ4v) is 14.9. The number of carbonyl (C=O) groups excluding carboxylic acids is 2. The van der Waals surface area contributed by atoms with Gasteiger partial charge in [0.2, 0.25) is 0 Å². The minimum Gasteiger partial charge on any atom is -0.456 e. The molecule has 3 heterocycles. The van der Waals surface area contributed by atoms with Gasteiger partial charge in [-0.3, -0.25) is 9.59 Å². The van der Waals surface area contributed by atoms with Crippen LogP contribution in [-0.4, -0.2) is 142 Å². The molecule has 15 heteroatoms. The summed E-state index contributed by atoms with van der Waals surface area (Å²) in [6.07, 6.45) is -3.66. The van der Waals surface area contributed by atoms with E-state index in [1.165, 1.54) is 0 Å². The van der Waals surface area contributed by atoms with E-state index in [4.69, 9.17) is 33.2 Å². The standard InChI is InChI=1S/C46H72O15/c1-23-32(52)36(61-39-34(54)37(58-25(3)50)35(57-24(2)49)26(20-47)59-39)33(53)38(56-23)60-31-12-13-41(6)27(42(31,7)21-48)10-14-43(8)28(41)11-15-46-29-18-40(4,5)16-17-45(29,22-55-46)30(51)19-44(43,46)9/h11,15,23,26-39,47-48,51-54H,10,12-14,16-22H2,1-9H3/t23-,26-,27-,28-,29+,30-,31+,32+,33-,34-,35-,36+,37-,38+,39+,41+,42+,43-,44+,45-,46+/m1/s1. The molecule has 21 atom stereocenters. The summed E-state index contributed by atoms with van der Waals surface area (Å²) in [4.78, 5) is 23.9. The molecule has 346 valence electrons. The van der Waals surface area contributed by atoms with Crippen LogP contribution in [0.25, 0.3) is 0 Å². The van der Waals surface area contributed by atoms with Crippen molar-refractivity contribution in [2.45, 2.75) is 193 Å². The van der Waals surface area contributed by atoms with Crippen molar-refractivity contribution >= 4 is 11.9 Å². The lowest BCUT2D eigenvalue weighted by molar-refractivity contribution is -0.368. The van der Waals surface area contributed by atoms with Crippen molar-refractivity contribution in [2.75, 3.05) is 19.8 Å². The average Bonchev–Trinajstić information content (AvgIpc) is 3.46. The van der Waals surface area contributed by atoms with Gasteiger partial charge in [-0.2, -0.15) is 0 Å². The van der Waals surface area contributed by atoms with E-state index in [1.807, 2.05) is 0 Å². The molecule has 61 heavy (non-hydrogen) atoms. The first-order valence-corrected chi connectivity index (χ1v) is 22.7. The molecule has 15 nitrogen and oxygen atoms in total. The van der Waals surface area contributed by atoms with Gasteiger partial charge in [-0.1, -0.05) is 53.7 Å². The van der Waals surface area contributed by atoms with E-state index in [0.717, 1.165) is 52.4 Å². The Bertz CT molecular complexity index is 1720. The molecule has 0 aromatic carbocycles. The molecule has 0 radical (unpaired) electrons. The van der Waals surface area contributed by atoms with Crippen molar-refractivity contribution < 1.29 is 73.4 Å². The zero-order valence-corrected chi connectivity index (χ0v) is 37.5. The molecule has 4 saturated carbocycles. The number of allylic oxidation sites excluding steroid dienone is 1. The Balaban J connectivity index is 1.03. The predicted molar refractivity (Wildman–Crippen MR) is 216 cm³/mol. The molecule has 0 aromatic heterocycles. The minimum absolute atomic E-state index is 0.00946. The van der Waals surface area contributed by atoms with Crippen LogP contribution < -0.4 is 0 Å². The van der Waals surface area contributed by atoms with Gasteiger partial charge in [0.1, 0.15) is 30.5 Å². The summed E-state index contributed by atoms with van der Waals surface area (Å²) in [5.74, 6) is -1.18. The Kier molecular flexibility index (Phi) is 11.6. The Morgan fingerprint density at radius 2 is 1.41 bits per heavy atom. The number of carbonyl (C=O) groups is 2. The number of aliphatic hydroxyl groups excluding tert-OH is 6. The summed E-state index contributed by atoms with van der Waals surface area (Å²) in [5.41, 5.74) is -2.07. The highest BCUT2D eigenvalue weighted by Gasteiger charge is 2.79. The van der Waals surface area contributed by atoms with Crippen molar-refractivity contribution in [1.29, 1.82) is 0 Å². The van der Waals surface area contributed by atoms with Crippen LogP contribution in [0, 0.1) is 50.2 Å². The van der Waals surface area contributed by atoms with Crippen molar-refractivity contribution in [3.05, 3.63) is 12.2 Å².